The van der Waals surface area contributed by atoms with Crippen LogP contribution in [0.3, 0.4) is 0 Å². The van der Waals surface area contributed by atoms with E-state index in [1.54, 1.807) is 37.3 Å². The Morgan fingerprint density at radius 3 is 2.56 bits per heavy atom. The molecule has 0 aliphatic rings. The molecule has 5 nitrogen and oxygen atoms in total. The van der Waals surface area contributed by atoms with Crippen LogP contribution >= 0.6 is 27.5 Å². The lowest BCUT2D eigenvalue weighted by Gasteiger charge is -2.12. The Morgan fingerprint density at radius 2 is 1.88 bits per heavy atom. The minimum absolute atomic E-state index is 0.0861. The zero-order valence-electron chi connectivity index (χ0n) is 13.9. The fraction of sp³-hybridized carbons (Fsp3) is 0.222. The molecule has 132 valence electrons. The van der Waals surface area contributed by atoms with Gasteiger partial charge in [-0.3, -0.25) is 9.59 Å². The molecular weight excluding hydrogens is 408 g/mol. The van der Waals surface area contributed by atoms with Gasteiger partial charge in [-0.15, -0.1) is 0 Å². The molecule has 0 aromatic heterocycles. The van der Waals surface area contributed by atoms with Gasteiger partial charge in [-0.25, -0.2) is 0 Å². The normalized spacial score (nSPS) is 10.2. The molecule has 2 amide bonds. The van der Waals surface area contributed by atoms with Gasteiger partial charge in [0.2, 0.25) is 5.91 Å². The van der Waals surface area contributed by atoms with Crippen molar-refractivity contribution in [3.8, 4) is 5.75 Å². The Bertz CT molecular complexity index is 796. The quantitative estimate of drug-likeness (QED) is 0.700. The molecule has 0 heterocycles. The first-order chi connectivity index (χ1) is 11.9. The first-order valence-corrected chi connectivity index (χ1v) is 8.84. The summed E-state index contributed by atoms with van der Waals surface area (Å²) in [6, 6.07) is 10.4. The lowest BCUT2D eigenvalue weighted by Crippen LogP contribution is -2.21. The van der Waals surface area contributed by atoms with Crippen molar-refractivity contribution in [2.45, 2.75) is 20.3 Å². The SMILES string of the molecule is CCC(=O)Nc1ccc(C)c(NC(=O)COc2ccc(Cl)cc2Br)c1. The van der Waals surface area contributed by atoms with Crippen LogP contribution in [0, 0.1) is 6.92 Å². The van der Waals surface area contributed by atoms with Gasteiger partial charge in [0.05, 0.1) is 4.47 Å². The number of benzene rings is 2. The largest absolute Gasteiger partial charge is 0.483 e. The van der Waals surface area contributed by atoms with Crippen LogP contribution in [0.15, 0.2) is 40.9 Å². The summed E-state index contributed by atoms with van der Waals surface area (Å²) in [6.45, 7) is 3.50. The van der Waals surface area contributed by atoms with E-state index in [2.05, 4.69) is 26.6 Å². The van der Waals surface area contributed by atoms with Gasteiger partial charge in [-0.05, 0) is 58.7 Å². The summed E-state index contributed by atoms with van der Waals surface area (Å²) < 4.78 is 6.16. The predicted octanol–water partition coefficient (Wildman–Crippen LogP) is 4.78. The zero-order chi connectivity index (χ0) is 18.4. The van der Waals surface area contributed by atoms with Crippen LogP contribution in [0.25, 0.3) is 0 Å². The first kappa shape index (κ1) is 19.3. The van der Waals surface area contributed by atoms with Gasteiger partial charge in [-0.2, -0.15) is 0 Å². The fourth-order valence-electron chi connectivity index (χ4n) is 2.01. The topological polar surface area (TPSA) is 67.4 Å². The second-order valence-corrected chi connectivity index (χ2v) is 6.63. The van der Waals surface area contributed by atoms with Crippen LogP contribution in [0.1, 0.15) is 18.9 Å². The van der Waals surface area contributed by atoms with E-state index in [-0.39, 0.29) is 18.4 Å². The van der Waals surface area contributed by atoms with Gasteiger partial charge in [0.15, 0.2) is 6.61 Å². The smallest absolute Gasteiger partial charge is 0.262 e. The average molecular weight is 426 g/mol. The molecule has 2 aromatic carbocycles. The summed E-state index contributed by atoms with van der Waals surface area (Å²) in [5.74, 6) is 0.140. The van der Waals surface area contributed by atoms with Crippen molar-refractivity contribution >= 4 is 50.7 Å². The maximum atomic E-state index is 12.1. The number of hydrogen-bond acceptors (Lipinski definition) is 3. The van der Waals surface area contributed by atoms with Crippen molar-refractivity contribution in [2.24, 2.45) is 0 Å². The molecule has 25 heavy (non-hydrogen) atoms. The molecule has 0 fully saturated rings. The zero-order valence-corrected chi connectivity index (χ0v) is 16.2. The third-order valence-corrected chi connectivity index (χ3v) is 4.22. The lowest BCUT2D eigenvalue weighted by atomic mass is 10.1. The van der Waals surface area contributed by atoms with E-state index in [0.29, 0.717) is 33.0 Å². The number of nitrogens with one attached hydrogen (secondary N) is 2. The average Bonchev–Trinajstić information content (AvgIpc) is 2.57. The Labute approximate surface area is 159 Å². The third kappa shape index (κ3) is 5.76. The predicted molar refractivity (Wildman–Crippen MR) is 103 cm³/mol. The Hall–Kier alpha value is -2.05. The van der Waals surface area contributed by atoms with E-state index >= 15 is 0 Å². The number of amides is 2. The molecule has 0 atom stereocenters. The van der Waals surface area contributed by atoms with Crippen molar-refractivity contribution in [3.05, 3.63) is 51.5 Å². The molecule has 0 aliphatic carbocycles. The summed E-state index contributed by atoms with van der Waals surface area (Å²) in [5.41, 5.74) is 2.14. The van der Waals surface area contributed by atoms with Crippen LogP contribution in [0.5, 0.6) is 5.75 Å². The second-order valence-electron chi connectivity index (χ2n) is 5.34. The molecule has 0 spiro atoms. The van der Waals surface area contributed by atoms with E-state index in [0.717, 1.165) is 5.56 Å². The summed E-state index contributed by atoms with van der Waals surface area (Å²) in [4.78, 5) is 23.6. The van der Waals surface area contributed by atoms with Crippen molar-refractivity contribution < 1.29 is 14.3 Å². The number of rotatable bonds is 6. The minimum atomic E-state index is -0.302. The van der Waals surface area contributed by atoms with E-state index in [9.17, 15) is 9.59 Å². The summed E-state index contributed by atoms with van der Waals surface area (Å²) in [5, 5.41) is 6.12. The Morgan fingerprint density at radius 1 is 1.12 bits per heavy atom. The van der Waals surface area contributed by atoms with Gasteiger partial charge in [0.1, 0.15) is 5.75 Å². The van der Waals surface area contributed by atoms with E-state index in [4.69, 9.17) is 16.3 Å². The summed E-state index contributed by atoms with van der Waals surface area (Å²) in [6.07, 6.45) is 0.388. The van der Waals surface area contributed by atoms with Crippen LogP contribution < -0.4 is 15.4 Å². The number of carbonyl (C=O) groups is 2. The van der Waals surface area contributed by atoms with Crippen molar-refractivity contribution in [1.82, 2.24) is 0 Å². The van der Waals surface area contributed by atoms with Crippen LogP contribution in [-0.4, -0.2) is 18.4 Å². The maximum Gasteiger partial charge on any atom is 0.262 e. The molecule has 0 unspecified atom stereocenters. The minimum Gasteiger partial charge on any atom is -0.483 e. The highest BCUT2D eigenvalue weighted by Gasteiger charge is 2.09. The van der Waals surface area contributed by atoms with Gasteiger partial charge in [0.25, 0.3) is 5.91 Å². The first-order valence-electron chi connectivity index (χ1n) is 7.67. The number of carbonyl (C=O) groups excluding carboxylic acids is 2. The van der Waals surface area contributed by atoms with E-state index < -0.39 is 0 Å². The molecule has 0 radical (unpaired) electrons. The van der Waals surface area contributed by atoms with E-state index in [1.807, 2.05) is 13.0 Å². The molecular formula is C18H18BrClN2O3. The molecule has 0 saturated carbocycles. The molecule has 2 aromatic rings. The second kappa shape index (κ2) is 8.87. The van der Waals surface area contributed by atoms with Crippen molar-refractivity contribution in [1.29, 1.82) is 0 Å². The highest BCUT2D eigenvalue weighted by atomic mass is 79.9. The molecule has 0 bridgehead atoms. The Balaban J connectivity index is 1.99. The summed E-state index contributed by atoms with van der Waals surface area (Å²) >= 11 is 9.20. The summed E-state index contributed by atoms with van der Waals surface area (Å²) in [7, 11) is 0. The van der Waals surface area contributed by atoms with Crippen LogP contribution in [0.2, 0.25) is 5.02 Å². The highest BCUT2D eigenvalue weighted by molar-refractivity contribution is 9.10. The maximum absolute atomic E-state index is 12.1. The monoisotopic (exact) mass is 424 g/mol. The van der Waals surface area contributed by atoms with Gasteiger partial charge in [0, 0.05) is 22.8 Å². The Kier molecular flexibility index (Phi) is 6.84. The van der Waals surface area contributed by atoms with Crippen molar-refractivity contribution in [3.63, 3.8) is 0 Å². The van der Waals surface area contributed by atoms with E-state index in [1.165, 1.54) is 0 Å². The lowest BCUT2D eigenvalue weighted by molar-refractivity contribution is -0.118. The number of halogens is 2. The molecule has 2 rings (SSSR count). The molecule has 0 aliphatic heterocycles. The molecule has 0 saturated heterocycles. The third-order valence-electron chi connectivity index (χ3n) is 3.37. The molecule has 7 heteroatoms. The fourth-order valence-corrected chi connectivity index (χ4v) is 2.80. The van der Waals surface area contributed by atoms with Gasteiger partial charge < -0.3 is 15.4 Å². The van der Waals surface area contributed by atoms with Gasteiger partial charge in [-0.1, -0.05) is 24.6 Å². The molecule has 2 N–H and O–H groups in total. The van der Waals surface area contributed by atoms with Crippen molar-refractivity contribution in [2.75, 3.05) is 17.2 Å². The number of aryl methyl sites for hydroxylation is 1. The van der Waals surface area contributed by atoms with Gasteiger partial charge >= 0.3 is 0 Å². The standard InChI is InChI=1S/C18H18BrClN2O3/c1-3-17(23)21-13-6-4-11(2)15(9-13)22-18(24)10-25-16-7-5-12(20)8-14(16)19/h4-9H,3,10H2,1-2H3,(H,21,23)(H,22,24). The number of anilines is 2. The van der Waals surface area contributed by atoms with Crippen LogP contribution in [0.4, 0.5) is 11.4 Å². The number of ether oxygens (including phenoxy) is 1. The number of hydrogen-bond donors (Lipinski definition) is 2. The highest BCUT2D eigenvalue weighted by Crippen LogP contribution is 2.28. The van der Waals surface area contributed by atoms with Crippen LogP contribution in [-0.2, 0) is 9.59 Å².